The molecule has 3 aromatic rings. The van der Waals surface area contributed by atoms with E-state index in [1.165, 1.54) is 30.5 Å². The van der Waals surface area contributed by atoms with Gasteiger partial charge in [0.05, 0.1) is 16.7 Å². The van der Waals surface area contributed by atoms with E-state index >= 15 is 0 Å². The quantitative estimate of drug-likeness (QED) is 0.222. The van der Waals surface area contributed by atoms with Crippen molar-refractivity contribution in [3.63, 3.8) is 0 Å². The predicted molar refractivity (Wildman–Crippen MR) is 120 cm³/mol. The van der Waals surface area contributed by atoms with Gasteiger partial charge < -0.3 is 4.74 Å². The average Bonchev–Trinajstić information content (AvgIpc) is 2.70. The molecule has 0 saturated heterocycles. The topological polar surface area (TPSA) is 84.8 Å². The number of nitrogens with zero attached hydrogens (tertiary/aromatic N) is 1. The van der Waals surface area contributed by atoms with Gasteiger partial charge in [0.2, 0.25) is 0 Å². The third kappa shape index (κ3) is 5.69. The number of carbonyl (C=O) groups is 1. The summed E-state index contributed by atoms with van der Waals surface area (Å²) in [5, 5.41) is 4.22. The van der Waals surface area contributed by atoms with Crippen LogP contribution in [0.2, 0.25) is 5.02 Å². The molecule has 0 atom stereocenters. The van der Waals surface area contributed by atoms with Crippen molar-refractivity contribution in [1.82, 2.24) is 4.83 Å². The molecule has 0 radical (unpaired) electrons. The Morgan fingerprint density at radius 1 is 1.10 bits per heavy atom. The van der Waals surface area contributed by atoms with Crippen LogP contribution in [0.25, 0.3) is 0 Å². The molecule has 3 rings (SSSR count). The highest BCUT2D eigenvalue weighted by Crippen LogP contribution is 2.23. The summed E-state index contributed by atoms with van der Waals surface area (Å²) in [6, 6.07) is 17.6. The van der Waals surface area contributed by atoms with E-state index in [0.29, 0.717) is 20.6 Å². The van der Waals surface area contributed by atoms with Crippen LogP contribution in [-0.2, 0) is 10.0 Å². The van der Waals surface area contributed by atoms with E-state index in [4.69, 9.17) is 16.3 Å². The average molecular weight is 508 g/mol. The Bertz CT molecular complexity index is 1210. The van der Waals surface area contributed by atoms with Gasteiger partial charge in [0, 0.05) is 15.1 Å². The van der Waals surface area contributed by atoms with Crippen molar-refractivity contribution in [2.75, 3.05) is 0 Å². The fraction of sp³-hybridized carbons (Fsp3) is 0.0476. The Morgan fingerprint density at radius 3 is 2.53 bits per heavy atom. The van der Waals surface area contributed by atoms with Gasteiger partial charge in [0.15, 0.2) is 0 Å². The smallest absolute Gasteiger partial charge is 0.343 e. The van der Waals surface area contributed by atoms with E-state index in [-0.39, 0.29) is 10.6 Å². The summed E-state index contributed by atoms with van der Waals surface area (Å²) in [6.45, 7) is 1.88. The molecule has 1 N–H and O–H groups in total. The molecule has 0 amide bonds. The number of rotatable bonds is 6. The minimum absolute atomic E-state index is 0.0180. The lowest BCUT2D eigenvalue weighted by Crippen LogP contribution is -2.18. The molecule has 0 aromatic heterocycles. The van der Waals surface area contributed by atoms with Gasteiger partial charge >= 0.3 is 5.97 Å². The Morgan fingerprint density at radius 2 is 1.83 bits per heavy atom. The Kier molecular flexibility index (Phi) is 6.91. The number of sulfonamides is 1. The van der Waals surface area contributed by atoms with Crippen LogP contribution in [-0.4, -0.2) is 20.6 Å². The van der Waals surface area contributed by atoms with Crippen LogP contribution in [0.1, 0.15) is 21.5 Å². The van der Waals surface area contributed by atoms with E-state index < -0.39 is 16.0 Å². The van der Waals surface area contributed by atoms with Gasteiger partial charge in [-0.1, -0.05) is 45.2 Å². The molecule has 0 aliphatic carbocycles. The lowest BCUT2D eigenvalue weighted by Gasteiger charge is -2.09. The molecule has 0 heterocycles. The van der Waals surface area contributed by atoms with Gasteiger partial charge in [-0.05, 0) is 61.5 Å². The molecule has 6 nitrogen and oxygen atoms in total. The van der Waals surface area contributed by atoms with Crippen molar-refractivity contribution in [3.05, 3.63) is 92.9 Å². The molecule has 154 valence electrons. The first-order valence-electron chi connectivity index (χ1n) is 8.63. The van der Waals surface area contributed by atoms with Gasteiger partial charge in [0.1, 0.15) is 5.75 Å². The maximum atomic E-state index is 12.4. The first-order valence-corrected chi connectivity index (χ1v) is 11.3. The van der Waals surface area contributed by atoms with Crippen molar-refractivity contribution in [2.45, 2.75) is 11.8 Å². The largest absolute Gasteiger partial charge is 0.422 e. The zero-order valence-electron chi connectivity index (χ0n) is 15.7. The molecule has 0 saturated carbocycles. The predicted octanol–water partition coefficient (Wildman–Crippen LogP) is 4.94. The van der Waals surface area contributed by atoms with Crippen molar-refractivity contribution >= 4 is 49.7 Å². The van der Waals surface area contributed by atoms with Crippen molar-refractivity contribution in [2.24, 2.45) is 5.10 Å². The number of nitrogens with one attached hydrogen (secondary N) is 1. The number of hydrazone groups is 1. The summed E-state index contributed by atoms with van der Waals surface area (Å²) in [5.41, 5.74) is 1.74. The number of esters is 1. The molecule has 9 heteroatoms. The normalized spacial score (nSPS) is 11.4. The third-order valence-corrected chi connectivity index (χ3v) is 5.91. The molecular formula is C21H16BrClN2O4S. The minimum atomic E-state index is -3.87. The summed E-state index contributed by atoms with van der Waals surface area (Å²) in [6.07, 6.45) is 1.26. The minimum Gasteiger partial charge on any atom is -0.422 e. The second-order valence-electron chi connectivity index (χ2n) is 6.25. The molecule has 0 unspecified atom stereocenters. The second-order valence-corrected chi connectivity index (χ2v) is 9.26. The molecule has 0 aliphatic rings. The van der Waals surface area contributed by atoms with Gasteiger partial charge in [-0.3, -0.25) is 0 Å². The molecule has 0 fully saturated rings. The fourth-order valence-electron chi connectivity index (χ4n) is 2.48. The molecule has 0 spiro atoms. The number of aryl methyl sites for hydroxylation is 1. The highest BCUT2D eigenvalue weighted by molar-refractivity contribution is 9.10. The van der Waals surface area contributed by atoms with Gasteiger partial charge in [-0.15, -0.1) is 0 Å². The van der Waals surface area contributed by atoms with Gasteiger partial charge in [0.25, 0.3) is 10.0 Å². The van der Waals surface area contributed by atoms with Crippen LogP contribution >= 0.6 is 27.5 Å². The number of carbonyl (C=O) groups excluding carboxylic acids is 1. The highest BCUT2D eigenvalue weighted by atomic mass is 79.9. The van der Waals surface area contributed by atoms with E-state index in [1.54, 1.807) is 36.4 Å². The first-order chi connectivity index (χ1) is 14.2. The van der Waals surface area contributed by atoms with E-state index in [2.05, 4.69) is 25.9 Å². The molecule has 30 heavy (non-hydrogen) atoms. The number of ether oxygens (including phenoxy) is 1. The first kappa shape index (κ1) is 22.0. The summed E-state index contributed by atoms with van der Waals surface area (Å²) < 4.78 is 30.8. The van der Waals surface area contributed by atoms with Crippen molar-refractivity contribution < 1.29 is 17.9 Å². The lowest BCUT2D eigenvalue weighted by molar-refractivity contribution is 0.0734. The van der Waals surface area contributed by atoms with Crippen LogP contribution in [0.15, 0.2) is 81.2 Å². The SMILES string of the molecule is Cc1cccc(C(=O)Oc2ccc(Br)cc2/C=N/NS(=O)(=O)c2ccc(Cl)cc2)c1. The Labute approximate surface area is 187 Å². The summed E-state index contributed by atoms with van der Waals surface area (Å²) >= 11 is 9.12. The van der Waals surface area contributed by atoms with E-state index in [9.17, 15) is 13.2 Å². The number of hydrogen-bond acceptors (Lipinski definition) is 5. The Hall–Kier alpha value is -2.68. The molecule has 0 bridgehead atoms. The molecular weight excluding hydrogens is 492 g/mol. The Balaban J connectivity index is 1.79. The maximum Gasteiger partial charge on any atom is 0.343 e. The number of hydrogen-bond donors (Lipinski definition) is 1. The zero-order chi connectivity index (χ0) is 21.7. The number of halogens is 2. The van der Waals surface area contributed by atoms with Crippen molar-refractivity contribution in [3.8, 4) is 5.75 Å². The van der Waals surface area contributed by atoms with Crippen molar-refractivity contribution in [1.29, 1.82) is 0 Å². The monoisotopic (exact) mass is 506 g/mol. The van der Waals surface area contributed by atoms with Crippen LogP contribution in [0, 0.1) is 6.92 Å². The lowest BCUT2D eigenvalue weighted by atomic mass is 10.1. The van der Waals surface area contributed by atoms with E-state index in [0.717, 1.165) is 5.56 Å². The van der Waals surface area contributed by atoms with Gasteiger partial charge in [-0.2, -0.15) is 13.5 Å². The van der Waals surface area contributed by atoms with Crippen LogP contribution < -0.4 is 9.57 Å². The molecule has 0 aliphatic heterocycles. The van der Waals surface area contributed by atoms with Crippen LogP contribution in [0.3, 0.4) is 0 Å². The van der Waals surface area contributed by atoms with Gasteiger partial charge in [-0.25, -0.2) is 9.63 Å². The zero-order valence-corrected chi connectivity index (χ0v) is 18.8. The third-order valence-electron chi connectivity index (χ3n) is 3.93. The van der Waals surface area contributed by atoms with Crippen LogP contribution in [0.5, 0.6) is 5.75 Å². The maximum absolute atomic E-state index is 12.4. The van der Waals surface area contributed by atoms with E-state index in [1.807, 2.05) is 13.0 Å². The highest BCUT2D eigenvalue weighted by Gasteiger charge is 2.14. The summed E-state index contributed by atoms with van der Waals surface area (Å²) in [5.74, 6) is -0.295. The fourth-order valence-corrected chi connectivity index (χ4v) is 3.77. The summed E-state index contributed by atoms with van der Waals surface area (Å²) in [7, 11) is -3.87. The molecule has 3 aromatic carbocycles. The standard InChI is InChI=1S/C21H16BrClN2O4S/c1-14-3-2-4-15(11-14)21(26)29-20-10-5-17(22)12-16(20)13-24-25-30(27,28)19-8-6-18(23)7-9-19/h2-13,25H,1H3/b24-13+. The van der Waals surface area contributed by atoms with Crippen LogP contribution in [0.4, 0.5) is 0 Å². The second kappa shape index (κ2) is 9.42. The number of benzene rings is 3. The summed E-state index contributed by atoms with van der Waals surface area (Å²) in [4.78, 5) is 14.6.